The molecule has 2 N–H and O–H groups in total. The van der Waals surface area contributed by atoms with Crippen LogP contribution in [0.1, 0.15) is 25.8 Å². The Hall–Kier alpha value is -1.07. The number of nitrogens with two attached hydrogens (primary N) is 1. The van der Waals surface area contributed by atoms with Gasteiger partial charge in [0.05, 0.1) is 22.9 Å². The molecule has 0 radical (unpaired) electrons. The van der Waals surface area contributed by atoms with Crippen molar-refractivity contribution >= 4 is 15.5 Å². The normalized spacial score (nSPS) is 12.0. The number of benzene rings is 1. The van der Waals surface area contributed by atoms with Gasteiger partial charge in [0.25, 0.3) is 0 Å². The van der Waals surface area contributed by atoms with Crippen molar-refractivity contribution in [3.63, 3.8) is 0 Å². The summed E-state index contributed by atoms with van der Waals surface area (Å²) in [5, 5.41) is 0. The molecule has 0 unspecified atom stereocenters. The van der Waals surface area contributed by atoms with Crippen molar-refractivity contribution in [2.24, 2.45) is 5.92 Å². The van der Waals surface area contributed by atoms with Crippen LogP contribution in [0.2, 0.25) is 0 Å². The van der Waals surface area contributed by atoms with Gasteiger partial charge < -0.3 is 10.5 Å². The van der Waals surface area contributed by atoms with E-state index in [1.807, 2.05) is 6.92 Å². The minimum Gasteiger partial charge on any atom is -0.398 e. The summed E-state index contributed by atoms with van der Waals surface area (Å²) in [6.45, 7) is 6.86. The molecule has 1 aromatic rings. The van der Waals surface area contributed by atoms with Crippen molar-refractivity contribution in [1.82, 2.24) is 0 Å². The van der Waals surface area contributed by atoms with Crippen LogP contribution in [0.25, 0.3) is 0 Å². The molecule has 0 bridgehead atoms. The number of anilines is 1. The van der Waals surface area contributed by atoms with E-state index in [1.165, 1.54) is 0 Å². The molecule has 108 valence electrons. The molecule has 0 spiro atoms. The van der Waals surface area contributed by atoms with Crippen LogP contribution in [0.5, 0.6) is 0 Å². The fourth-order valence-electron chi connectivity index (χ4n) is 1.61. The first-order valence-corrected chi connectivity index (χ1v) is 8.15. The minimum atomic E-state index is -3.36. The van der Waals surface area contributed by atoms with Gasteiger partial charge in [-0.3, -0.25) is 0 Å². The molecule has 0 aliphatic rings. The number of aryl methyl sites for hydroxylation is 1. The highest BCUT2D eigenvalue weighted by Crippen LogP contribution is 2.20. The van der Waals surface area contributed by atoms with Gasteiger partial charge in [0.2, 0.25) is 0 Å². The first-order chi connectivity index (χ1) is 8.83. The van der Waals surface area contributed by atoms with Crippen molar-refractivity contribution < 1.29 is 13.2 Å². The molecule has 5 heteroatoms. The average molecular weight is 285 g/mol. The lowest BCUT2D eigenvalue weighted by Gasteiger charge is -2.09. The summed E-state index contributed by atoms with van der Waals surface area (Å²) in [5.74, 6) is 0.530. The number of sulfone groups is 1. The molecular formula is C14H23NO3S. The van der Waals surface area contributed by atoms with Crippen molar-refractivity contribution in [1.29, 1.82) is 0 Å². The number of ether oxygens (including phenoxy) is 1. The van der Waals surface area contributed by atoms with Gasteiger partial charge in [-0.1, -0.05) is 19.9 Å². The molecule has 4 nitrogen and oxygen atoms in total. The van der Waals surface area contributed by atoms with Crippen molar-refractivity contribution in [3.8, 4) is 0 Å². The average Bonchev–Trinajstić information content (AvgIpc) is 2.31. The summed E-state index contributed by atoms with van der Waals surface area (Å²) in [5.41, 5.74) is 6.91. The van der Waals surface area contributed by atoms with Gasteiger partial charge in [0, 0.05) is 6.61 Å². The maximum atomic E-state index is 12.1. The fourth-order valence-corrected chi connectivity index (χ4v) is 2.96. The summed E-state index contributed by atoms with van der Waals surface area (Å²) in [4.78, 5) is 0.208. The van der Waals surface area contributed by atoms with Crippen LogP contribution in [-0.2, 0) is 14.6 Å². The first kappa shape index (κ1) is 16.0. The van der Waals surface area contributed by atoms with Gasteiger partial charge in [0.1, 0.15) is 0 Å². The van der Waals surface area contributed by atoms with Crippen LogP contribution < -0.4 is 5.73 Å². The molecule has 0 aromatic heterocycles. The van der Waals surface area contributed by atoms with Gasteiger partial charge in [-0.2, -0.15) is 0 Å². The minimum absolute atomic E-state index is 0.0290. The molecule has 0 fully saturated rings. The van der Waals surface area contributed by atoms with E-state index in [2.05, 4.69) is 13.8 Å². The Morgan fingerprint density at radius 2 is 1.95 bits per heavy atom. The molecule has 0 amide bonds. The molecule has 0 aliphatic carbocycles. The van der Waals surface area contributed by atoms with E-state index in [-0.39, 0.29) is 17.3 Å². The van der Waals surface area contributed by atoms with E-state index >= 15 is 0 Å². The second-order valence-corrected chi connectivity index (χ2v) is 7.23. The maximum Gasteiger partial charge on any atom is 0.182 e. The van der Waals surface area contributed by atoms with Gasteiger partial charge in [-0.05, 0) is 37.0 Å². The van der Waals surface area contributed by atoms with E-state index < -0.39 is 9.84 Å². The Kier molecular flexibility index (Phi) is 5.82. The molecule has 19 heavy (non-hydrogen) atoms. The van der Waals surface area contributed by atoms with Crippen molar-refractivity contribution in [3.05, 3.63) is 23.8 Å². The standard InChI is InChI=1S/C14H23NO3S/c1-11(2)6-7-18-8-9-19(16,17)14-10-12(3)4-5-13(14)15/h4-5,10-11H,6-9,15H2,1-3H3. The predicted molar refractivity (Wildman–Crippen MR) is 77.9 cm³/mol. The fraction of sp³-hybridized carbons (Fsp3) is 0.571. The third-order valence-electron chi connectivity index (χ3n) is 2.84. The Balaban J connectivity index is 2.59. The highest BCUT2D eigenvalue weighted by atomic mass is 32.2. The van der Waals surface area contributed by atoms with Crippen LogP contribution in [0.4, 0.5) is 5.69 Å². The number of hydrogen-bond donors (Lipinski definition) is 1. The third kappa shape index (κ3) is 5.20. The second-order valence-electron chi connectivity index (χ2n) is 5.16. The van der Waals surface area contributed by atoms with E-state index in [0.29, 0.717) is 18.2 Å². The van der Waals surface area contributed by atoms with Crippen LogP contribution in [0.3, 0.4) is 0 Å². The Labute approximate surface area is 115 Å². The lowest BCUT2D eigenvalue weighted by atomic mass is 10.1. The van der Waals surface area contributed by atoms with Crippen molar-refractivity contribution in [2.45, 2.75) is 32.1 Å². The van der Waals surface area contributed by atoms with Gasteiger partial charge in [0.15, 0.2) is 9.84 Å². The number of hydrogen-bond acceptors (Lipinski definition) is 4. The summed E-state index contributed by atoms with van der Waals surface area (Å²) in [6, 6.07) is 5.04. The van der Waals surface area contributed by atoms with Crippen LogP contribution in [0, 0.1) is 12.8 Å². The number of rotatable bonds is 7. The highest BCUT2D eigenvalue weighted by Gasteiger charge is 2.17. The van der Waals surface area contributed by atoms with E-state index in [0.717, 1.165) is 12.0 Å². The molecule has 0 heterocycles. The maximum absolute atomic E-state index is 12.1. The molecule has 1 rings (SSSR count). The van der Waals surface area contributed by atoms with Crippen molar-refractivity contribution in [2.75, 3.05) is 24.7 Å². The zero-order valence-corrected chi connectivity index (χ0v) is 12.7. The molecule has 0 atom stereocenters. The monoisotopic (exact) mass is 285 g/mol. The summed E-state index contributed by atoms with van der Waals surface area (Å²) < 4.78 is 29.6. The molecule has 1 aromatic carbocycles. The van der Waals surface area contributed by atoms with Crippen LogP contribution >= 0.6 is 0 Å². The molecular weight excluding hydrogens is 262 g/mol. The largest absolute Gasteiger partial charge is 0.398 e. The quantitative estimate of drug-likeness (QED) is 0.617. The molecule has 0 saturated heterocycles. The smallest absolute Gasteiger partial charge is 0.182 e. The second kappa shape index (κ2) is 6.91. The summed E-state index contributed by atoms with van der Waals surface area (Å²) >= 11 is 0. The number of nitrogen functional groups attached to an aromatic ring is 1. The zero-order chi connectivity index (χ0) is 14.5. The Morgan fingerprint density at radius 3 is 2.58 bits per heavy atom. The van der Waals surface area contributed by atoms with Gasteiger partial charge >= 0.3 is 0 Å². The Morgan fingerprint density at radius 1 is 1.26 bits per heavy atom. The lowest BCUT2D eigenvalue weighted by molar-refractivity contribution is 0.137. The van der Waals surface area contributed by atoms with E-state index in [9.17, 15) is 8.42 Å². The van der Waals surface area contributed by atoms with Gasteiger partial charge in [-0.15, -0.1) is 0 Å². The van der Waals surface area contributed by atoms with Crippen LogP contribution in [0.15, 0.2) is 23.1 Å². The Bertz CT molecular complexity index is 509. The zero-order valence-electron chi connectivity index (χ0n) is 11.8. The van der Waals surface area contributed by atoms with Gasteiger partial charge in [-0.25, -0.2) is 8.42 Å². The van der Waals surface area contributed by atoms with Crippen LogP contribution in [-0.4, -0.2) is 27.4 Å². The highest BCUT2D eigenvalue weighted by molar-refractivity contribution is 7.91. The molecule has 0 saturated carbocycles. The summed E-state index contributed by atoms with van der Waals surface area (Å²) in [7, 11) is -3.36. The lowest BCUT2D eigenvalue weighted by Crippen LogP contribution is -2.15. The first-order valence-electron chi connectivity index (χ1n) is 6.49. The third-order valence-corrected chi connectivity index (χ3v) is 4.57. The summed E-state index contributed by atoms with van der Waals surface area (Å²) in [6.07, 6.45) is 0.937. The van der Waals surface area contributed by atoms with E-state index in [1.54, 1.807) is 18.2 Å². The van der Waals surface area contributed by atoms with E-state index in [4.69, 9.17) is 10.5 Å². The molecule has 0 aliphatic heterocycles. The SMILES string of the molecule is Cc1ccc(N)c(S(=O)(=O)CCOCCC(C)C)c1. The predicted octanol–water partition coefficient (Wildman–Crippen LogP) is 2.41. The topological polar surface area (TPSA) is 69.4 Å².